The Morgan fingerprint density at radius 3 is 2.54 bits per heavy atom. The largest absolute Gasteiger partial charge is 0.462 e. The van der Waals surface area contributed by atoms with Crippen LogP contribution in [0.1, 0.15) is 47.8 Å². The Labute approximate surface area is 233 Å². The monoisotopic (exact) mass is 617 g/mol. The van der Waals surface area contributed by atoms with Gasteiger partial charge in [0.05, 0.1) is 19.3 Å². The van der Waals surface area contributed by atoms with Crippen LogP contribution in [0.15, 0.2) is 21.9 Å². The molecule has 17 heteroatoms. The molecule has 0 radical (unpaired) electrons. The summed E-state index contributed by atoms with van der Waals surface area (Å²) < 4.78 is 50.6. The van der Waals surface area contributed by atoms with Crippen molar-refractivity contribution in [3.63, 3.8) is 0 Å². The Morgan fingerprint density at radius 2 is 1.97 bits per heavy atom. The lowest BCUT2D eigenvalue weighted by Crippen LogP contribution is -2.42. The first-order chi connectivity index (χ1) is 17.9. The van der Waals surface area contributed by atoms with E-state index in [1.54, 1.807) is 34.6 Å². The molecule has 0 spiro atoms. The molecule has 0 aromatic carbocycles. The van der Waals surface area contributed by atoms with E-state index in [2.05, 4.69) is 5.09 Å². The summed E-state index contributed by atoms with van der Waals surface area (Å²) in [7, 11) is -4.35. The molecule has 0 unspecified atom stereocenters. The SMILES string of the molecule is CC(C)OC(=O)[C@H](C)N[P@](=O)(OCCSC(=O)C(C)(C)C)OC[C@H]1O[C@@H](n2ccc(=O)[nH]c2=O)[C@](F)(Cl)[C@@H]1O. The maximum absolute atomic E-state index is 15.2. The third kappa shape index (κ3) is 9.22. The fourth-order valence-electron chi connectivity index (χ4n) is 3.13. The number of carbonyl (C=O) groups excluding carboxylic acids is 2. The standard InChI is InChI=1S/C22H34ClFN3O10PS/c1-12(2)36-17(30)13(3)26-38(33,34-9-10-39-19(31)21(4,5)6)35-11-14-16(29)22(23,24)18(37-14)27-8-7-15(28)25-20(27)32/h7-8,12-14,16,18,29H,9-11H2,1-6H3,(H,26,33)(H,25,28,32)/t13-,14+,16+,18+,22-,38-/m0/s1. The van der Waals surface area contributed by atoms with Crippen molar-refractivity contribution >= 4 is 42.2 Å². The number of esters is 1. The minimum atomic E-state index is -4.35. The number of aromatic nitrogens is 2. The highest BCUT2D eigenvalue weighted by Gasteiger charge is 2.58. The molecule has 2 rings (SSSR count). The molecular weight excluding hydrogens is 584 g/mol. The maximum Gasteiger partial charge on any atom is 0.406 e. The van der Waals surface area contributed by atoms with E-state index in [0.29, 0.717) is 4.57 Å². The Kier molecular flexibility index (Phi) is 11.5. The van der Waals surface area contributed by atoms with E-state index in [4.69, 9.17) is 30.1 Å². The number of thioether (sulfide) groups is 1. The molecule has 222 valence electrons. The average molecular weight is 618 g/mol. The number of rotatable bonds is 12. The van der Waals surface area contributed by atoms with Crippen molar-refractivity contribution in [2.45, 2.75) is 77.3 Å². The van der Waals surface area contributed by atoms with E-state index in [9.17, 15) is 28.8 Å². The highest BCUT2D eigenvalue weighted by Crippen LogP contribution is 2.48. The zero-order valence-electron chi connectivity index (χ0n) is 22.3. The second-order valence-electron chi connectivity index (χ2n) is 10.0. The molecule has 3 N–H and O–H groups in total. The van der Waals surface area contributed by atoms with Gasteiger partial charge in [-0.1, -0.05) is 44.1 Å². The van der Waals surface area contributed by atoms with Gasteiger partial charge in [0, 0.05) is 23.4 Å². The number of aromatic amines is 1. The molecule has 1 fully saturated rings. The van der Waals surface area contributed by atoms with Gasteiger partial charge in [-0.3, -0.25) is 33.0 Å². The molecule has 0 bridgehead atoms. The van der Waals surface area contributed by atoms with Crippen molar-refractivity contribution in [2.75, 3.05) is 19.0 Å². The van der Waals surface area contributed by atoms with E-state index in [0.717, 1.165) is 24.0 Å². The van der Waals surface area contributed by atoms with Gasteiger partial charge in [0.25, 0.3) is 10.7 Å². The van der Waals surface area contributed by atoms with Crippen LogP contribution in [-0.4, -0.2) is 74.2 Å². The van der Waals surface area contributed by atoms with Gasteiger partial charge in [-0.05, 0) is 20.8 Å². The van der Waals surface area contributed by atoms with E-state index in [1.807, 2.05) is 4.98 Å². The zero-order valence-corrected chi connectivity index (χ0v) is 24.8. The number of nitrogens with zero attached hydrogens (tertiary/aromatic N) is 1. The quantitative estimate of drug-likeness (QED) is 0.135. The maximum atomic E-state index is 15.2. The number of halogens is 2. The number of ether oxygens (including phenoxy) is 2. The van der Waals surface area contributed by atoms with Gasteiger partial charge in [-0.2, -0.15) is 0 Å². The van der Waals surface area contributed by atoms with Gasteiger partial charge in [0.1, 0.15) is 18.2 Å². The first-order valence-electron chi connectivity index (χ1n) is 11.9. The smallest absolute Gasteiger partial charge is 0.406 e. The van der Waals surface area contributed by atoms with Gasteiger partial charge in [0.15, 0.2) is 11.3 Å². The van der Waals surface area contributed by atoms with Crippen LogP contribution in [-0.2, 0) is 32.7 Å². The second-order valence-corrected chi connectivity index (χ2v) is 13.4. The molecule has 0 amide bonds. The van der Waals surface area contributed by atoms with Gasteiger partial charge < -0.3 is 14.6 Å². The summed E-state index contributed by atoms with van der Waals surface area (Å²) in [6.07, 6.45) is -5.02. The molecule has 13 nitrogen and oxygen atoms in total. The Morgan fingerprint density at radius 1 is 1.33 bits per heavy atom. The molecule has 1 aliphatic rings. The predicted molar refractivity (Wildman–Crippen MR) is 141 cm³/mol. The number of hydrogen-bond donors (Lipinski definition) is 3. The van der Waals surface area contributed by atoms with E-state index in [1.165, 1.54) is 6.92 Å². The molecule has 0 saturated carbocycles. The highest BCUT2D eigenvalue weighted by atomic mass is 35.5. The number of nitrogens with one attached hydrogen (secondary N) is 2. The summed E-state index contributed by atoms with van der Waals surface area (Å²) >= 11 is 6.81. The van der Waals surface area contributed by atoms with E-state index >= 15 is 4.39 Å². The van der Waals surface area contributed by atoms with E-state index < -0.39 is 72.7 Å². The zero-order chi connectivity index (χ0) is 29.8. The second kappa shape index (κ2) is 13.4. The third-order valence-electron chi connectivity index (χ3n) is 5.14. The minimum absolute atomic E-state index is 0.102. The van der Waals surface area contributed by atoms with Crippen molar-refractivity contribution in [1.29, 1.82) is 0 Å². The van der Waals surface area contributed by atoms with E-state index in [-0.39, 0.29) is 17.5 Å². The Bertz CT molecular complexity index is 1190. The summed E-state index contributed by atoms with van der Waals surface area (Å²) in [4.78, 5) is 49.8. The molecule has 0 aliphatic carbocycles. The summed E-state index contributed by atoms with van der Waals surface area (Å²) in [6.45, 7) is 8.83. The average Bonchev–Trinajstić information content (AvgIpc) is 3.03. The summed E-state index contributed by atoms with van der Waals surface area (Å²) in [5, 5.41) is 9.70. The number of carbonyl (C=O) groups is 2. The van der Waals surface area contributed by atoms with Crippen LogP contribution in [0.25, 0.3) is 0 Å². The van der Waals surface area contributed by atoms with Crippen LogP contribution in [0.2, 0.25) is 0 Å². The van der Waals surface area contributed by atoms with Crippen molar-refractivity contribution < 1.29 is 42.2 Å². The third-order valence-corrected chi connectivity index (χ3v) is 8.51. The number of aliphatic hydroxyl groups excluding tert-OH is 1. The highest BCUT2D eigenvalue weighted by molar-refractivity contribution is 8.13. The van der Waals surface area contributed by atoms with Gasteiger partial charge in [-0.15, -0.1) is 0 Å². The molecular formula is C22H34ClFN3O10PS. The first-order valence-corrected chi connectivity index (χ1v) is 14.9. The van der Waals surface area contributed by atoms with Crippen LogP contribution in [0.5, 0.6) is 0 Å². The van der Waals surface area contributed by atoms with Gasteiger partial charge >= 0.3 is 19.4 Å². The molecule has 1 saturated heterocycles. The number of alkyl halides is 2. The molecule has 1 aromatic heterocycles. The molecule has 1 aliphatic heterocycles. The lowest BCUT2D eigenvalue weighted by atomic mass is 10.00. The summed E-state index contributed by atoms with van der Waals surface area (Å²) in [5.41, 5.74) is -2.40. The number of hydrogen-bond acceptors (Lipinski definition) is 11. The van der Waals surface area contributed by atoms with Crippen LogP contribution < -0.4 is 16.3 Å². The summed E-state index contributed by atoms with van der Waals surface area (Å²) in [5.74, 6) is -0.654. The van der Waals surface area contributed by atoms with Crippen molar-refractivity contribution in [2.24, 2.45) is 5.41 Å². The Balaban J connectivity index is 2.16. The predicted octanol–water partition coefficient (Wildman–Crippen LogP) is 2.08. The van der Waals surface area contributed by atoms with Crippen molar-refractivity contribution in [3.05, 3.63) is 33.1 Å². The molecule has 1 aromatic rings. The van der Waals surface area contributed by atoms with Crippen molar-refractivity contribution in [3.8, 4) is 0 Å². The first kappa shape index (κ1) is 33.6. The minimum Gasteiger partial charge on any atom is -0.462 e. The lowest BCUT2D eigenvalue weighted by Gasteiger charge is -2.25. The molecule has 6 atom stereocenters. The van der Waals surface area contributed by atoms with Gasteiger partial charge in [-0.25, -0.2) is 18.8 Å². The lowest BCUT2D eigenvalue weighted by molar-refractivity contribution is -0.149. The number of H-pyrrole nitrogens is 1. The van der Waals surface area contributed by atoms with Crippen LogP contribution in [0, 0.1) is 5.41 Å². The molecule has 39 heavy (non-hydrogen) atoms. The number of aliphatic hydroxyl groups is 1. The fourth-order valence-corrected chi connectivity index (χ4v) is 5.82. The Hall–Kier alpha value is -1.58. The van der Waals surface area contributed by atoms with Crippen molar-refractivity contribution in [1.82, 2.24) is 14.6 Å². The normalized spacial score (nSPS) is 25.8. The van der Waals surface area contributed by atoms with Crippen LogP contribution in [0.3, 0.4) is 0 Å². The topological polar surface area (TPSA) is 175 Å². The summed E-state index contributed by atoms with van der Waals surface area (Å²) in [6, 6.07) is -0.239. The fraction of sp³-hybridized carbons (Fsp3) is 0.727. The van der Waals surface area contributed by atoms with Crippen LogP contribution in [0.4, 0.5) is 4.39 Å². The van der Waals surface area contributed by atoms with Crippen LogP contribution >= 0.6 is 31.1 Å². The molecule has 2 heterocycles. The van der Waals surface area contributed by atoms with Gasteiger partial charge in [0.2, 0.25) is 0 Å².